The summed E-state index contributed by atoms with van der Waals surface area (Å²) in [6.45, 7) is 5.50. The first kappa shape index (κ1) is 29.2. The van der Waals surface area contributed by atoms with Crippen molar-refractivity contribution in [3.8, 4) is 10.6 Å². The predicted molar refractivity (Wildman–Crippen MR) is 168 cm³/mol. The lowest BCUT2D eigenvalue weighted by molar-refractivity contribution is -0.121. The van der Waals surface area contributed by atoms with Crippen molar-refractivity contribution in [1.82, 2.24) is 30.4 Å². The first-order valence-electron chi connectivity index (χ1n) is 14.8. The average Bonchev–Trinajstić information content (AvgIpc) is 3.71. The average molecular weight is 602 g/mol. The molecule has 1 saturated heterocycles. The van der Waals surface area contributed by atoms with E-state index in [9.17, 15) is 9.59 Å². The van der Waals surface area contributed by atoms with E-state index in [4.69, 9.17) is 4.98 Å². The molecule has 0 radical (unpaired) electrons. The number of benzene rings is 1. The van der Waals surface area contributed by atoms with Crippen LogP contribution in [0.1, 0.15) is 36.0 Å². The molecule has 1 aromatic carbocycles. The molecule has 3 amide bonds. The van der Waals surface area contributed by atoms with Crippen molar-refractivity contribution in [3.63, 3.8) is 0 Å². The van der Waals surface area contributed by atoms with E-state index >= 15 is 4.39 Å². The maximum absolute atomic E-state index is 15.0. The third-order valence-electron chi connectivity index (χ3n) is 7.98. The fourth-order valence-electron chi connectivity index (χ4n) is 5.29. The topological polar surface area (TPSA) is 102 Å². The predicted octanol–water partition coefficient (Wildman–Crippen LogP) is 4.63. The van der Waals surface area contributed by atoms with Crippen LogP contribution in [0, 0.1) is 5.82 Å². The number of nitrogens with zero attached hydrogens (tertiary/aromatic N) is 4. The molecule has 1 saturated carbocycles. The van der Waals surface area contributed by atoms with Gasteiger partial charge in [0.1, 0.15) is 5.82 Å². The van der Waals surface area contributed by atoms with E-state index in [-0.39, 0.29) is 23.8 Å². The largest absolute Gasteiger partial charge is 0.359 e. The lowest BCUT2D eigenvalue weighted by Crippen LogP contribution is -2.46. The van der Waals surface area contributed by atoms with E-state index in [1.807, 2.05) is 18.3 Å². The number of piperazine rings is 1. The number of hydrogen-bond acceptors (Lipinski definition) is 7. The van der Waals surface area contributed by atoms with Gasteiger partial charge in [-0.3, -0.25) is 19.7 Å². The molecule has 9 nitrogen and oxygen atoms in total. The lowest BCUT2D eigenvalue weighted by Gasteiger charge is -2.34. The zero-order valence-electron chi connectivity index (χ0n) is 24.2. The zero-order valence-corrected chi connectivity index (χ0v) is 25.1. The van der Waals surface area contributed by atoms with Crippen molar-refractivity contribution in [3.05, 3.63) is 77.4 Å². The Balaban J connectivity index is 1.07. The van der Waals surface area contributed by atoms with E-state index in [0.717, 1.165) is 78.5 Å². The van der Waals surface area contributed by atoms with Gasteiger partial charge in [-0.1, -0.05) is 12.1 Å². The Morgan fingerprint density at radius 1 is 1.00 bits per heavy atom. The first-order chi connectivity index (χ1) is 20.9. The van der Waals surface area contributed by atoms with Crippen LogP contribution in [0.15, 0.2) is 54.9 Å². The summed E-state index contributed by atoms with van der Waals surface area (Å²) in [5.41, 5.74) is 4.92. The van der Waals surface area contributed by atoms with E-state index in [1.165, 1.54) is 11.6 Å². The molecular formula is C32H36FN7O2S. The molecule has 0 bridgehead atoms. The molecule has 4 heterocycles. The molecule has 43 heavy (non-hydrogen) atoms. The summed E-state index contributed by atoms with van der Waals surface area (Å²) >= 11 is 1.62. The highest BCUT2D eigenvalue weighted by Crippen LogP contribution is 2.35. The lowest BCUT2D eigenvalue weighted by atomic mass is 10.0. The Kier molecular flexibility index (Phi) is 8.92. The molecule has 0 unspecified atom stereocenters. The molecule has 0 spiro atoms. The maximum atomic E-state index is 15.0. The summed E-state index contributed by atoms with van der Waals surface area (Å²) < 4.78 is 16.0. The molecule has 2 fully saturated rings. The highest BCUT2D eigenvalue weighted by atomic mass is 32.1. The van der Waals surface area contributed by atoms with Gasteiger partial charge in [-0.05, 0) is 59.9 Å². The highest BCUT2D eigenvalue weighted by molar-refractivity contribution is 7.22. The normalized spacial score (nSPS) is 15.9. The van der Waals surface area contributed by atoms with Crippen LogP contribution in [-0.4, -0.2) is 77.5 Å². The van der Waals surface area contributed by atoms with Crippen molar-refractivity contribution < 1.29 is 14.0 Å². The van der Waals surface area contributed by atoms with Gasteiger partial charge in [0.15, 0.2) is 0 Å². The summed E-state index contributed by atoms with van der Waals surface area (Å²) in [5.74, 6) is -0.267. The summed E-state index contributed by atoms with van der Waals surface area (Å²) in [4.78, 5) is 38.6. The molecule has 0 atom stereocenters. The third-order valence-corrected chi connectivity index (χ3v) is 9.20. The standard InChI is InChI=1S/C32H36FN7O2S/c1-34-30(41)9-11-39-12-14-40(15-13-39)20-21-2-7-27(36-19-21)29-18-28-31(43-29)23(8-10-35-28)16-22-3-4-25(17-26(22)33)38-32(42)37-24-5-6-24/h2-4,7-8,10,17-19,24H,5-6,9,11-16,20H2,1H3,(H,34,41)(H2,37,38,42). The molecule has 1 aliphatic carbocycles. The van der Waals surface area contributed by atoms with Crippen LogP contribution < -0.4 is 16.0 Å². The van der Waals surface area contributed by atoms with Gasteiger partial charge in [0, 0.05) is 83.3 Å². The maximum Gasteiger partial charge on any atom is 0.319 e. The summed E-state index contributed by atoms with van der Waals surface area (Å²) in [6, 6.07) is 13.0. The minimum atomic E-state index is -0.353. The molecule has 3 N–H and O–H groups in total. The van der Waals surface area contributed by atoms with E-state index < -0.39 is 0 Å². The second-order valence-electron chi connectivity index (χ2n) is 11.2. The monoisotopic (exact) mass is 601 g/mol. The second-order valence-corrected chi connectivity index (χ2v) is 12.3. The number of urea groups is 1. The van der Waals surface area contributed by atoms with Crippen LogP contribution >= 0.6 is 11.3 Å². The zero-order chi connectivity index (χ0) is 29.8. The van der Waals surface area contributed by atoms with Gasteiger partial charge >= 0.3 is 6.03 Å². The molecule has 11 heteroatoms. The molecular weight excluding hydrogens is 565 g/mol. The van der Waals surface area contributed by atoms with Gasteiger partial charge in [0.2, 0.25) is 5.91 Å². The van der Waals surface area contributed by atoms with Crippen LogP contribution in [0.25, 0.3) is 20.8 Å². The van der Waals surface area contributed by atoms with Crippen molar-refractivity contribution in [2.45, 2.75) is 38.3 Å². The number of thiophene rings is 1. The van der Waals surface area contributed by atoms with Gasteiger partial charge < -0.3 is 20.9 Å². The van der Waals surface area contributed by atoms with Crippen LogP contribution in [0.2, 0.25) is 0 Å². The number of anilines is 1. The minimum Gasteiger partial charge on any atom is -0.359 e. The van der Waals surface area contributed by atoms with Crippen LogP contribution in [-0.2, 0) is 17.8 Å². The van der Waals surface area contributed by atoms with Crippen molar-refractivity contribution in [1.29, 1.82) is 0 Å². The minimum absolute atomic E-state index is 0.0860. The number of carbonyl (C=O) groups is 2. The summed E-state index contributed by atoms with van der Waals surface area (Å²) in [6.07, 6.45) is 6.66. The van der Waals surface area contributed by atoms with Gasteiger partial charge in [0.25, 0.3) is 0 Å². The molecule has 224 valence electrons. The fraction of sp³-hybridized carbons (Fsp3) is 0.375. The Bertz CT molecular complexity index is 1600. The Morgan fingerprint density at radius 3 is 2.53 bits per heavy atom. The molecule has 3 aromatic heterocycles. The molecule has 2 aliphatic rings. The number of amides is 3. The summed E-state index contributed by atoms with van der Waals surface area (Å²) in [5, 5.41) is 8.24. The van der Waals surface area contributed by atoms with E-state index in [1.54, 1.807) is 36.7 Å². The molecule has 4 aromatic rings. The Hall–Kier alpha value is -3.93. The van der Waals surface area contributed by atoms with Crippen molar-refractivity contribution in [2.24, 2.45) is 0 Å². The van der Waals surface area contributed by atoms with Gasteiger partial charge in [-0.25, -0.2) is 9.18 Å². The van der Waals surface area contributed by atoms with Crippen LogP contribution in [0.4, 0.5) is 14.9 Å². The number of aromatic nitrogens is 2. The van der Waals surface area contributed by atoms with Crippen molar-refractivity contribution >= 4 is 39.2 Å². The number of carbonyl (C=O) groups excluding carboxylic acids is 2. The number of halogens is 1. The number of hydrogen-bond donors (Lipinski definition) is 3. The quantitative estimate of drug-likeness (QED) is 0.245. The first-order valence-corrected chi connectivity index (χ1v) is 15.6. The Morgan fingerprint density at radius 2 is 1.81 bits per heavy atom. The number of rotatable bonds is 10. The smallest absolute Gasteiger partial charge is 0.319 e. The number of nitrogens with one attached hydrogen (secondary N) is 3. The van der Waals surface area contributed by atoms with Crippen LogP contribution in [0.5, 0.6) is 0 Å². The molecule has 6 rings (SSSR count). The third kappa shape index (κ3) is 7.54. The highest BCUT2D eigenvalue weighted by Gasteiger charge is 2.23. The summed E-state index contributed by atoms with van der Waals surface area (Å²) in [7, 11) is 1.68. The number of fused-ring (bicyclic) bond motifs is 1. The van der Waals surface area contributed by atoms with Gasteiger partial charge in [0.05, 0.1) is 20.8 Å². The fourth-order valence-corrected chi connectivity index (χ4v) is 6.39. The molecule has 1 aliphatic heterocycles. The van der Waals surface area contributed by atoms with Gasteiger partial charge in [-0.15, -0.1) is 11.3 Å². The second kappa shape index (κ2) is 13.2. The van der Waals surface area contributed by atoms with Crippen LogP contribution in [0.3, 0.4) is 0 Å². The van der Waals surface area contributed by atoms with Crippen molar-refractivity contribution in [2.75, 3.05) is 45.1 Å². The SMILES string of the molecule is CNC(=O)CCN1CCN(Cc2ccc(-c3cc4nccc(Cc5ccc(NC(=O)NC6CC6)cc5F)c4s3)nc2)CC1. The van der Waals surface area contributed by atoms with E-state index in [0.29, 0.717) is 24.1 Å². The number of pyridine rings is 2. The van der Waals surface area contributed by atoms with E-state index in [2.05, 4.69) is 42.9 Å². The van der Waals surface area contributed by atoms with Gasteiger partial charge in [-0.2, -0.15) is 0 Å². The Labute approximate surface area is 254 Å².